The first-order valence-corrected chi connectivity index (χ1v) is 6.99. The van der Waals surface area contributed by atoms with E-state index in [1.807, 2.05) is 0 Å². The first-order valence-electron chi connectivity index (χ1n) is 6.99. The topological polar surface area (TPSA) is 29.3 Å². The molecule has 0 radical (unpaired) electrons. The zero-order valence-electron chi connectivity index (χ0n) is 11.2. The smallest absolute Gasteiger partial charge is 0.130 e. The summed E-state index contributed by atoms with van der Waals surface area (Å²) in [5.74, 6) is -0.849. The third-order valence-electron chi connectivity index (χ3n) is 4.98. The van der Waals surface area contributed by atoms with Crippen LogP contribution in [0.25, 0.3) is 0 Å². The molecule has 104 valence electrons. The molecule has 2 bridgehead atoms. The maximum Gasteiger partial charge on any atom is 0.130 e. The quantitative estimate of drug-likeness (QED) is 0.892. The average molecular weight is 266 g/mol. The first kappa shape index (κ1) is 13.0. The van der Waals surface area contributed by atoms with Crippen LogP contribution in [0.15, 0.2) is 18.2 Å². The maximum absolute atomic E-state index is 13.8. The molecule has 2 N–H and O–H groups in total. The van der Waals surface area contributed by atoms with Crippen LogP contribution in [0, 0.1) is 17.6 Å². The fourth-order valence-electron chi connectivity index (χ4n) is 3.81. The third-order valence-corrected chi connectivity index (χ3v) is 4.98. The highest BCUT2D eigenvalue weighted by Gasteiger charge is 2.41. The Bertz CT molecular complexity index is 443. The van der Waals surface area contributed by atoms with E-state index in [0.717, 1.165) is 12.8 Å². The molecule has 0 spiro atoms. The number of nitrogens with zero attached hydrogens (tertiary/aromatic N) is 1. The molecule has 1 aromatic carbocycles. The molecule has 4 heteroatoms. The van der Waals surface area contributed by atoms with Crippen molar-refractivity contribution in [1.82, 2.24) is 4.90 Å². The largest absolute Gasteiger partial charge is 0.324 e. The van der Waals surface area contributed by atoms with Crippen molar-refractivity contribution in [3.05, 3.63) is 35.4 Å². The average Bonchev–Trinajstić information content (AvgIpc) is 2.62. The van der Waals surface area contributed by atoms with Crippen molar-refractivity contribution in [3.63, 3.8) is 0 Å². The number of fused-ring (bicyclic) bond motifs is 2. The third kappa shape index (κ3) is 2.17. The number of hydrogen-bond acceptors (Lipinski definition) is 2. The first-order chi connectivity index (χ1) is 9.08. The van der Waals surface area contributed by atoms with E-state index in [2.05, 4.69) is 11.9 Å². The van der Waals surface area contributed by atoms with Crippen molar-refractivity contribution in [2.45, 2.75) is 43.8 Å². The van der Waals surface area contributed by atoms with Gasteiger partial charge < -0.3 is 10.6 Å². The van der Waals surface area contributed by atoms with Gasteiger partial charge in [0.2, 0.25) is 0 Å². The van der Waals surface area contributed by atoms with Crippen LogP contribution < -0.4 is 5.73 Å². The van der Waals surface area contributed by atoms with E-state index >= 15 is 0 Å². The van der Waals surface area contributed by atoms with Gasteiger partial charge in [0, 0.05) is 23.7 Å². The van der Waals surface area contributed by atoms with Gasteiger partial charge in [-0.3, -0.25) is 0 Å². The van der Waals surface area contributed by atoms with Gasteiger partial charge in [0.05, 0.1) is 0 Å². The summed E-state index contributed by atoms with van der Waals surface area (Å²) in [6, 6.07) is 4.51. The molecule has 2 aliphatic rings. The van der Waals surface area contributed by atoms with Crippen LogP contribution >= 0.6 is 0 Å². The van der Waals surface area contributed by atoms with Crippen molar-refractivity contribution in [2.24, 2.45) is 11.7 Å². The van der Waals surface area contributed by atoms with Gasteiger partial charge in [-0.05, 0) is 50.8 Å². The van der Waals surface area contributed by atoms with Gasteiger partial charge in [0.25, 0.3) is 0 Å². The number of halogens is 2. The SMILES string of the molecule is CN1C2CCC1CC(C(N)c1c(F)cccc1F)C2. The zero-order chi connectivity index (χ0) is 13.6. The van der Waals surface area contributed by atoms with Crippen molar-refractivity contribution in [2.75, 3.05) is 7.05 Å². The Labute approximate surface area is 112 Å². The van der Waals surface area contributed by atoms with E-state index in [-0.39, 0.29) is 11.5 Å². The predicted octanol–water partition coefficient (Wildman–Crippen LogP) is 2.84. The highest BCUT2D eigenvalue weighted by Crippen LogP contribution is 2.42. The molecule has 2 aliphatic heterocycles. The molecular weight excluding hydrogens is 246 g/mol. The molecule has 3 rings (SSSR count). The molecule has 0 saturated carbocycles. The Hall–Kier alpha value is -1.00. The van der Waals surface area contributed by atoms with E-state index < -0.39 is 17.7 Å². The van der Waals surface area contributed by atoms with Crippen molar-refractivity contribution < 1.29 is 8.78 Å². The maximum atomic E-state index is 13.8. The van der Waals surface area contributed by atoms with Crippen LogP contribution in [0.2, 0.25) is 0 Å². The summed E-state index contributed by atoms with van der Waals surface area (Å²) < 4.78 is 27.6. The predicted molar refractivity (Wildman–Crippen MR) is 70.6 cm³/mol. The van der Waals surface area contributed by atoms with Gasteiger partial charge >= 0.3 is 0 Å². The van der Waals surface area contributed by atoms with Crippen LogP contribution in [-0.4, -0.2) is 24.0 Å². The van der Waals surface area contributed by atoms with Gasteiger partial charge in [-0.25, -0.2) is 8.78 Å². The summed E-state index contributed by atoms with van der Waals surface area (Å²) in [6.45, 7) is 0. The van der Waals surface area contributed by atoms with E-state index in [1.54, 1.807) is 0 Å². The Morgan fingerprint density at radius 3 is 2.21 bits per heavy atom. The molecule has 2 nitrogen and oxygen atoms in total. The molecule has 2 fully saturated rings. The molecular formula is C15H20F2N2. The summed E-state index contributed by atoms with van der Waals surface area (Å²) in [5, 5.41) is 0. The normalized spacial score (nSPS) is 32.5. The second-order valence-corrected chi connectivity index (χ2v) is 5.94. The fraction of sp³-hybridized carbons (Fsp3) is 0.600. The van der Waals surface area contributed by atoms with Crippen LogP contribution in [-0.2, 0) is 0 Å². The van der Waals surface area contributed by atoms with Crippen molar-refractivity contribution in [1.29, 1.82) is 0 Å². The molecule has 1 aromatic rings. The lowest BCUT2D eigenvalue weighted by molar-refractivity contribution is 0.119. The minimum absolute atomic E-state index is 0.0662. The summed E-state index contributed by atoms with van der Waals surface area (Å²) in [6.07, 6.45) is 4.26. The van der Waals surface area contributed by atoms with Gasteiger partial charge in [-0.1, -0.05) is 6.07 Å². The number of hydrogen-bond donors (Lipinski definition) is 1. The Morgan fingerprint density at radius 1 is 1.16 bits per heavy atom. The number of piperidine rings is 1. The molecule has 19 heavy (non-hydrogen) atoms. The minimum atomic E-state index is -0.530. The highest BCUT2D eigenvalue weighted by molar-refractivity contribution is 5.24. The molecule has 0 aliphatic carbocycles. The highest BCUT2D eigenvalue weighted by atomic mass is 19.1. The lowest BCUT2D eigenvalue weighted by Crippen LogP contribution is -2.43. The van der Waals surface area contributed by atoms with Crippen LogP contribution in [0.3, 0.4) is 0 Å². The molecule has 0 aromatic heterocycles. The minimum Gasteiger partial charge on any atom is -0.324 e. The monoisotopic (exact) mass is 266 g/mol. The van der Waals surface area contributed by atoms with E-state index in [9.17, 15) is 8.78 Å². The van der Waals surface area contributed by atoms with Crippen molar-refractivity contribution in [3.8, 4) is 0 Å². The van der Waals surface area contributed by atoms with Crippen LogP contribution in [0.5, 0.6) is 0 Å². The lowest BCUT2D eigenvalue weighted by atomic mass is 9.82. The molecule has 2 heterocycles. The van der Waals surface area contributed by atoms with Gasteiger partial charge in [-0.15, -0.1) is 0 Å². The van der Waals surface area contributed by atoms with Gasteiger partial charge in [0.15, 0.2) is 0 Å². The fourth-order valence-corrected chi connectivity index (χ4v) is 3.81. The zero-order valence-corrected chi connectivity index (χ0v) is 11.2. The van der Waals surface area contributed by atoms with Gasteiger partial charge in [-0.2, -0.15) is 0 Å². The number of rotatable bonds is 2. The number of benzene rings is 1. The van der Waals surface area contributed by atoms with E-state index in [0.29, 0.717) is 12.1 Å². The summed E-state index contributed by atoms with van der Waals surface area (Å²) in [7, 11) is 2.15. The summed E-state index contributed by atoms with van der Waals surface area (Å²) in [4.78, 5) is 2.40. The van der Waals surface area contributed by atoms with E-state index in [4.69, 9.17) is 5.73 Å². The Kier molecular flexibility index (Phi) is 3.31. The summed E-state index contributed by atoms with van der Waals surface area (Å²) >= 11 is 0. The molecule has 2 saturated heterocycles. The van der Waals surface area contributed by atoms with Gasteiger partial charge in [0.1, 0.15) is 11.6 Å². The Balaban J connectivity index is 1.83. The second-order valence-electron chi connectivity index (χ2n) is 5.94. The summed E-state index contributed by atoms with van der Waals surface area (Å²) in [5.41, 5.74) is 6.24. The number of nitrogens with two attached hydrogens (primary N) is 1. The standard InChI is InChI=1S/C15H20F2N2/c1-19-10-5-6-11(19)8-9(7-10)15(18)14-12(16)3-2-4-13(14)17/h2-4,9-11,15H,5-8,18H2,1H3. The molecule has 0 amide bonds. The second kappa shape index (κ2) is 4.84. The molecule has 3 unspecified atom stereocenters. The van der Waals surface area contributed by atoms with Crippen LogP contribution in [0.1, 0.15) is 37.3 Å². The van der Waals surface area contributed by atoms with Crippen LogP contribution in [0.4, 0.5) is 8.78 Å². The Morgan fingerprint density at radius 2 is 1.68 bits per heavy atom. The van der Waals surface area contributed by atoms with Crippen molar-refractivity contribution >= 4 is 0 Å². The molecule has 3 atom stereocenters. The van der Waals surface area contributed by atoms with E-state index in [1.165, 1.54) is 31.0 Å². The lowest BCUT2D eigenvalue weighted by Gasteiger charge is -2.39.